The van der Waals surface area contributed by atoms with Crippen molar-refractivity contribution in [1.82, 2.24) is 4.90 Å². The van der Waals surface area contributed by atoms with E-state index in [-0.39, 0.29) is 0 Å². The van der Waals surface area contributed by atoms with Crippen LogP contribution < -0.4 is 0 Å². The quantitative estimate of drug-likeness (QED) is 0.672. The molecule has 2 aliphatic carbocycles. The van der Waals surface area contributed by atoms with Gasteiger partial charge in [-0.05, 0) is 50.0 Å². The maximum Gasteiger partial charge on any atom is 0.0101 e. The minimum absolute atomic E-state index is 0.532. The normalized spacial score (nSPS) is 41.2. The molecule has 2 aliphatic rings. The first-order valence-electron chi connectivity index (χ1n) is 6.60. The van der Waals surface area contributed by atoms with Gasteiger partial charge in [0.25, 0.3) is 0 Å². The van der Waals surface area contributed by atoms with Gasteiger partial charge >= 0.3 is 0 Å². The summed E-state index contributed by atoms with van der Waals surface area (Å²) in [5.41, 5.74) is 0.532. The van der Waals surface area contributed by atoms with Crippen LogP contribution in [0.3, 0.4) is 0 Å². The van der Waals surface area contributed by atoms with Gasteiger partial charge in [0.05, 0.1) is 0 Å². The van der Waals surface area contributed by atoms with Crippen LogP contribution in [0.1, 0.15) is 53.4 Å². The molecule has 0 saturated heterocycles. The van der Waals surface area contributed by atoms with Crippen LogP contribution in [0.4, 0.5) is 0 Å². The van der Waals surface area contributed by atoms with E-state index >= 15 is 0 Å². The summed E-state index contributed by atoms with van der Waals surface area (Å²) in [6.45, 7) is 9.54. The average Bonchev–Trinajstić information content (AvgIpc) is 1.92. The second kappa shape index (κ2) is 3.76. The molecule has 2 rings (SSSR count). The van der Waals surface area contributed by atoms with Crippen molar-refractivity contribution in [1.29, 1.82) is 0 Å². The topological polar surface area (TPSA) is 3.24 Å². The molecular weight excluding hydrogens is 182 g/mol. The summed E-state index contributed by atoms with van der Waals surface area (Å²) in [4.78, 5) is 2.67. The first kappa shape index (κ1) is 11.4. The molecule has 0 bridgehead atoms. The molecule has 0 spiro atoms. The van der Waals surface area contributed by atoms with E-state index in [1.807, 2.05) is 0 Å². The van der Waals surface area contributed by atoms with Gasteiger partial charge in [0.15, 0.2) is 0 Å². The van der Waals surface area contributed by atoms with Crippen LogP contribution >= 0.6 is 0 Å². The highest BCUT2D eigenvalue weighted by molar-refractivity contribution is 4.95. The summed E-state index contributed by atoms with van der Waals surface area (Å²) in [7, 11) is 2.35. The minimum atomic E-state index is 0.532. The Balaban J connectivity index is 1.75. The SMILES string of the molecule is CC1CC(N(C)C2CC(C(C)(C)C)C2)C1. The molecule has 0 heterocycles. The summed E-state index contributed by atoms with van der Waals surface area (Å²) in [6.07, 6.45) is 5.75. The third-order valence-electron chi connectivity index (χ3n) is 4.84. The number of hydrogen-bond acceptors (Lipinski definition) is 1. The monoisotopic (exact) mass is 209 g/mol. The van der Waals surface area contributed by atoms with E-state index in [0.29, 0.717) is 5.41 Å². The van der Waals surface area contributed by atoms with E-state index in [2.05, 4.69) is 39.6 Å². The lowest BCUT2D eigenvalue weighted by Gasteiger charge is -2.52. The molecule has 1 heteroatoms. The highest BCUT2D eigenvalue weighted by Gasteiger charge is 2.42. The zero-order valence-electron chi connectivity index (χ0n) is 11.1. The summed E-state index contributed by atoms with van der Waals surface area (Å²) in [6, 6.07) is 1.80. The Morgan fingerprint density at radius 3 is 1.80 bits per heavy atom. The smallest absolute Gasteiger partial charge is 0.0101 e. The Labute approximate surface area is 95.2 Å². The molecule has 0 amide bonds. The molecule has 0 atom stereocenters. The molecule has 0 aromatic heterocycles. The van der Waals surface area contributed by atoms with Gasteiger partial charge in [-0.25, -0.2) is 0 Å². The van der Waals surface area contributed by atoms with Gasteiger partial charge in [0.1, 0.15) is 0 Å². The van der Waals surface area contributed by atoms with Gasteiger partial charge in [-0.15, -0.1) is 0 Å². The third kappa shape index (κ3) is 2.22. The van der Waals surface area contributed by atoms with Gasteiger partial charge < -0.3 is 4.90 Å². The van der Waals surface area contributed by atoms with E-state index in [1.165, 1.54) is 25.7 Å². The van der Waals surface area contributed by atoms with E-state index in [4.69, 9.17) is 0 Å². The van der Waals surface area contributed by atoms with Crippen molar-refractivity contribution in [3.8, 4) is 0 Å². The van der Waals surface area contributed by atoms with Crippen LogP contribution in [0.25, 0.3) is 0 Å². The molecule has 0 aromatic carbocycles. The predicted octanol–water partition coefficient (Wildman–Crippen LogP) is 3.54. The fraction of sp³-hybridized carbons (Fsp3) is 1.00. The highest BCUT2D eigenvalue weighted by Crippen LogP contribution is 2.45. The standard InChI is InChI=1S/C14H27N/c1-10-6-12(7-10)15(5)13-8-11(9-13)14(2,3)4/h10-13H,6-9H2,1-5H3. The largest absolute Gasteiger partial charge is 0.300 e. The molecule has 88 valence electrons. The fourth-order valence-electron chi connectivity index (χ4n) is 3.12. The molecule has 15 heavy (non-hydrogen) atoms. The highest BCUT2D eigenvalue weighted by atomic mass is 15.2. The zero-order chi connectivity index (χ0) is 11.2. The summed E-state index contributed by atoms with van der Waals surface area (Å²) < 4.78 is 0. The van der Waals surface area contributed by atoms with Gasteiger partial charge in [-0.3, -0.25) is 0 Å². The maximum atomic E-state index is 2.67. The Morgan fingerprint density at radius 2 is 1.40 bits per heavy atom. The molecule has 0 aliphatic heterocycles. The Kier molecular flexibility index (Phi) is 2.87. The van der Waals surface area contributed by atoms with Crippen molar-refractivity contribution in [2.75, 3.05) is 7.05 Å². The number of hydrogen-bond donors (Lipinski definition) is 0. The van der Waals surface area contributed by atoms with Gasteiger partial charge in [0, 0.05) is 12.1 Å². The third-order valence-corrected chi connectivity index (χ3v) is 4.84. The molecule has 0 N–H and O–H groups in total. The van der Waals surface area contributed by atoms with Crippen molar-refractivity contribution in [2.45, 2.75) is 65.5 Å². The van der Waals surface area contributed by atoms with Crippen LogP contribution in [0, 0.1) is 17.3 Å². The van der Waals surface area contributed by atoms with E-state index < -0.39 is 0 Å². The lowest BCUT2D eigenvalue weighted by atomic mass is 9.65. The molecule has 0 unspecified atom stereocenters. The van der Waals surface area contributed by atoms with Crippen molar-refractivity contribution < 1.29 is 0 Å². The number of nitrogens with zero attached hydrogens (tertiary/aromatic N) is 1. The van der Waals surface area contributed by atoms with Crippen molar-refractivity contribution in [3.63, 3.8) is 0 Å². The predicted molar refractivity (Wildman–Crippen MR) is 65.9 cm³/mol. The summed E-state index contributed by atoms with van der Waals surface area (Å²) in [5, 5.41) is 0. The average molecular weight is 209 g/mol. The van der Waals surface area contributed by atoms with Gasteiger partial charge in [-0.1, -0.05) is 27.7 Å². The van der Waals surface area contributed by atoms with Crippen molar-refractivity contribution >= 4 is 0 Å². The minimum Gasteiger partial charge on any atom is -0.300 e. The maximum absolute atomic E-state index is 2.67. The first-order valence-corrected chi connectivity index (χ1v) is 6.60. The van der Waals surface area contributed by atoms with E-state index in [9.17, 15) is 0 Å². The molecule has 2 saturated carbocycles. The Hall–Kier alpha value is -0.0400. The second-order valence-corrected chi connectivity index (χ2v) is 7.08. The fourth-order valence-corrected chi connectivity index (χ4v) is 3.12. The first-order chi connectivity index (χ1) is 6.88. The zero-order valence-corrected chi connectivity index (χ0v) is 11.1. The lowest BCUT2D eigenvalue weighted by molar-refractivity contribution is -0.0176. The Bertz CT molecular complexity index is 216. The summed E-state index contributed by atoms with van der Waals surface area (Å²) >= 11 is 0. The van der Waals surface area contributed by atoms with Crippen LogP contribution in [0.2, 0.25) is 0 Å². The molecule has 0 aromatic rings. The van der Waals surface area contributed by atoms with E-state index in [1.54, 1.807) is 0 Å². The number of rotatable bonds is 2. The second-order valence-electron chi connectivity index (χ2n) is 7.08. The molecular formula is C14H27N. The van der Waals surface area contributed by atoms with E-state index in [0.717, 1.165) is 23.9 Å². The molecule has 0 radical (unpaired) electrons. The van der Waals surface area contributed by atoms with Crippen molar-refractivity contribution in [2.24, 2.45) is 17.3 Å². The van der Waals surface area contributed by atoms with Crippen molar-refractivity contribution in [3.05, 3.63) is 0 Å². The van der Waals surface area contributed by atoms with Crippen LogP contribution in [-0.2, 0) is 0 Å². The van der Waals surface area contributed by atoms with Crippen LogP contribution in [0.15, 0.2) is 0 Å². The Morgan fingerprint density at radius 1 is 0.933 bits per heavy atom. The van der Waals surface area contributed by atoms with Crippen LogP contribution in [-0.4, -0.2) is 24.0 Å². The molecule has 1 nitrogen and oxygen atoms in total. The summed E-state index contributed by atoms with van der Waals surface area (Å²) in [5.74, 6) is 1.94. The van der Waals surface area contributed by atoms with Crippen LogP contribution in [0.5, 0.6) is 0 Å². The lowest BCUT2D eigenvalue weighted by Crippen LogP contribution is -2.53. The van der Waals surface area contributed by atoms with Gasteiger partial charge in [0.2, 0.25) is 0 Å². The van der Waals surface area contributed by atoms with Gasteiger partial charge in [-0.2, -0.15) is 0 Å². The molecule has 2 fully saturated rings.